The number of hydrogen-bond donors (Lipinski definition) is 0. The Morgan fingerprint density at radius 2 is 1.28 bits per heavy atom. The van der Waals surface area contributed by atoms with Gasteiger partial charge in [-0.15, -0.1) is 5.10 Å². The minimum Gasteiger partial charge on any atom is -0.455 e. The van der Waals surface area contributed by atoms with E-state index >= 15 is 0 Å². The van der Waals surface area contributed by atoms with Crippen molar-refractivity contribution in [1.29, 1.82) is 0 Å². The molecule has 5 aromatic carbocycles. The van der Waals surface area contributed by atoms with Crippen molar-refractivity contribution in [3.05, 3.63) is 185 Å². The zero-order chi connectivity index (χ0) is 35.9. The number of pyridine rings is 1. The van der Waals surface area contributed by atoms with Gasteiger partial charge in [0.2, 0.25) is 0 Å². The number of rotatable bonds is 9. The number of fused-ring (bicyclic) bond motifs is 2. The highest BCUT2D eigenvalue weighted by molar-refractivity contribution is 6.00. The molecule has 0 atom stereocenters. The Hall–Kier alpha value is -6.67. The first-order chi connectivity index (χ1) is 26.1. The van der Waals surface area contributed by atoms with Crippen LogP contribution in [0, 0.1) is 13.8 Å². The quantitative estimate of drug-likeness (QED) is 0.140. The zero-order valence-electron chi connectivity index (χ0n) is 29.8. The van der Waals surface area contributed by atoms with Gasteiger partial charge in [-0.2, -0.15) is 0 Å². The Morgan fingerprint density at radius 1 is 0.679 bits per heavy atom. The summed E-state index contributed by atoms with van der Waals surface area (Å²) >= 11 is 0. The van der Waals surface area contributed by atoms with Crippen LogP contribution in [0.3, 0.4) is 0 Å². The van der Waals surface area contributed by atoms with Gasteiger partial charge in [0, 0.05) is 23.1 Å². The molecule has 0 aliphatic carbocycles. The Kier molecular flexibility index (Phi) is 8.00. The van der Waals surface area contributed by atoms with Gasteiger partial charge in [-0.1, -0.05) is 140 Å². The topological polar surface area (TPSA) is 87.4 Å². The van der Waals surface area contributed by atoms with Crippen LogP contribution in [0.15, 0.2) is 150 Å². The van der Waals surface area contributed by atoms with E-state index in [4.69, 9.17) is 24.7 Å². The molecule has 0 saturated heterocycles. The standard InChI is InChI=1S/C45H37N7O/c1-4-39-47-41-30(2)28-31(3)46-44(41)51(39)29-32-24-26-33(27-25-32)42-40(37-22-14-15-23-38(37)53-42)43-48-49-50-52(43)45(34-16-8-5-9-17-34,35-18-10-6-11-19-35)36-20-12-7-13-21-36/h5-28H,4,29H2,1-3H3. The fourth-order valence-corrected chi connectivity index (χ4v) is 7.77. The molecule has 0 unspecified atom stereocenters. The molecule has 258 valence electrons. The van der Waals surface area contributed by atoms with E-state index in [-0.39, 0.29) is 0 Å². The Labute approximate surface area is 307 Å². The Morgan fingerprint density at radius 3 is 1.91 bits per heavy atom. The van der Waals surface area contributed by atoms with Crippen molar-refractivity contribution in [2.24, 2.45) is 0 Å². The minimum absolute atomic E-state index is 0.597. The molecular formula is C45H37N7O. The third-order valence-corrected chi connectivity index (χ3v) is 10.2. The number of hydrogen-bond acceptors (Lipinski definition) is 6. The molecule has 53 heavy (non-hydrogen) atoms. The average molecular weight is 692 g/mol. The van der Waals surface area contributed by atoms with E-state index in [9.17, 15) is 0 Å². The van der Waals surface area contributed by atoms with Gasteiger partial charge in [0.1, 0.15) is 28.2 Å². The number of furan rings is 1. The van der Waals surface area contributed by atoms with Gasteiger partial charge in [-0.25, -0.2) is 14.6 Å². The first-order valence-electron chi connectivity index (χ1n) is 18.0. The maximum Gasteiger partial charge on any atom is 0.188 e. The second kappa shape index (κ2) is 13.1. The molecule has 0 radical (unpaired) electrons. The molecule has 0 aliphatic rings. The van der Waals surface area contributed by atoms with Crippen molar-refractivity contribution in [3.63, 3.8) is 0 Å². The monoisotopic (exact) mass is 691 g/mol. The summed E-state index contributed by atoms with van der Waals surface area (Å²) in [5.74, 6) is 2.32. The fraction of sp³-hybridized carbons (Fsp3) is 0.133. The number of para-hydroxylation sites is 1. The van der Waals surface area contributed by atoms with Gasteiger partial charge in [0.15, 0.2) is 11.5 Å². The lowest BCUT2D eigenvalue weighted by atomic mass is 9.77. The molecule has 0 amide bonds. The SMILES string of the molecule is CCc1nc2c(C)cc(C)nc2n1Cc1ccc(-c2oc3ccccc3c2-c2nnnn2C(c2ccccc2)(c2ccccc2)c2ccccc2)cc1. The summed E-state index contributed by atoms with van der Waals surface area (Å²) in [5.41, 5.74) is 9.87. The van der Waals surface area contributed by atoms with Crippen LogP contribution in [0.5, 0.6) is 0 Å². The van der Waals surface area contributed by atoms with Crippen LogP contribution < -0.4 is 0 Å². The first-order valence-corrected chi connectivity index (χ1v) is 18.0. The van der Waals surface area contributed by atoms with E-state index in [0.717, 1.165) is 79.0 Å². The van der Waals surface area contributed by atoms with Crippen LogP contribution in [0.1, 0.15) is 46.3 Å². The van der Waals surface area contributed by atoms with E-state index in [1.807, 2.05) is 48.0 Å². The van der Waals surface area contributed by atoms with Crippen LogP contribution in [0.4, 0.5) is 0 Å². The van der Waals surface area contributed by atoms with Crippen molar-refractivity contribution in [1.82, 2.24) is 34.7 Å². The summed E-state index contributed by atoms with van der Waals surface area (Å²) in [6, 6.07) is 50.1. The molecule has 0 aliphatic heterocycles. The van der Waals surface area contributed by atoms with Crippen molar-refractivity contribution in [2.75, 3.05) is 0 Å². The molecule has 9 aromatic rings. The number of benzene rings is 5. The number of imidazole rings is 1. The second-order valence-corrected chi connectivity index (χ2v) is 13.4. The summed E-state index contributed by atoms with van der Waals surface area (Å²) in [6.45, 7) is 6.94. The number of aryl methyl sites for hydroxylation is 3. The number of nitrogens with zero attached hydrogens (tertiary/aromatic N) is 7. The summed E-state index contributed by atoms with van der Waals surface area (Å²) in [5, 5.41) is 14.9. The van der Waals surface area contributed by atoms with Crippen LogP contribution in [-0.4, -0.2) is 34.7 Å². The highest BCUT2D eigenvalue weighted by Crippen LogP contribution is 2.46. The van der Waals surface area contributed by atoms with Crippen LogP contribution in [0.25, 0.3) is 44.8 Å². The molecular weight excluding hydrogens is 655 g/mol. The maximum absolute atomic E-state index is 6.73. The Bertz CT molecular complexity index is 2600. The first kappa shape index (κ1) is 32.3. The van der Waals surface area contributed by atoms with Crippen LogP contribution >= 0.6 is 0 Å². The lowest BCUT2D eigenvalue weighted by Gasteiger charge is -2.36. The largest absolute Gasteiger partial charge is 0.455 e. The lowest BCUT2D eigenvalue weighted by molar-refractivity contribution is 0.451. The van der Waals surface area contributed by atoms with Crippen LogP contribution in [0.2, 0.25) is 0 Å². The highest BCUT2D eigenvalue weighted by atomic mass is 16.3. The Balaban J connectivity index is 1.22. The highest BCUT2D eigenvalue weighted by Gasteiger charge is 2.42. The third kappa shape index (κ3) is 5.33. The minimum atomic E-state index is -0.905. The molecule has 8 nitrogen and oxygen atoms in total. The van der Waals surface area contributed by atoms with Gasteiger partial charge in [-0.05, 0) is 64.2 Å². The maximum atomic E-state index is 6.73. The summed E-state index contributed by atoms with van der Waals surface area (Å²) < 4.78 is 10.9. The zero-order valence-corrected chi connectivity index (χ0v) is 29.8. The fourth-order valence-electron chi connectivity index (χ4n) is 7.77. The summed E-state index contributed by atoms with van der Waals surface area (Å²) in [4.78, 5) is 9.84. The van der Waals surface area contributed by atoms with Crippen molar-refractivity contribution >= 4 is 22.1 Å². The van der Waals surface area contributed by atoms with E-state index in [0.29, 0.717) is 18.1 Å². The normalized spacial score (nSPS) is 11.8. The van der Waals surface area contributed by atoms with Crippen molar-refractivity contribution < 1.29 is 4.42 Å². The van der Waals surface area contributed by atoms with Gasteiger partial charge >= 0.3 is 0 Å². The molecule has 0 N–H and O–H groups in total. The molecule has 0 spiro atoms. The van der Waals surface area contributed by atoms with Crippen molar-refractivity contribution in [2.45, 2.75) is 39.3 Å². The van der Waals surface area contributed by atoms with Gasteiger partial charge in [-0.3, -0.25) is 0 Å². The summed E-state index contributed by atoms with van der Waals surface area (Å²) in [7, 11) is 0. The smallest absolute Gasteiger partial charge is 0.188 e. The predicted octanol–water partition coefficient (Wildman–Crippen LogP) is 9.57. The predicted molar refractivity (Wildman–Crippen MR) is 209 cm³/mol. The number of aromatic nitrogens is 7. The van der Waals surface area contributed by atoms with E-state index in [1.54, 1.807) is 0 Å². The second-order valence-electron chi connectivity index (χ2n) is 13.4. The molecule has 0 saturated carbocycles. The van der Waals surface area contributed by atoms with E-state index in [2.05, 4.69) is 133 Å². The van der Waals surface area contributed by atoms with Gasteiger partial charge < -0.3 is 8.98 Å². The molecule has 0 fully saturated rings. The van der Waals surface area contributed by atoms with E-state index < -0.39 is 5.54 Å². The molecule has 9 rings (SSSR count). The summed E-state index contributed by atoms with van der Waals surface area (Å²) in [6.07, 6.45) is 0.820. The lowest BCUT2D eigenvalue weighted by Crippen LogP contribution is -2.39. The van der Waals surface area contributed by atoms with Crippen molar-refractivity contribution in [3.8, 4) is 22.7 Å². The third-order valence-electron chi connectivity index (χ3n) is 10.2. The molecule has 8 heteroatoms. The molecule has 0 bridgehead atoms. The molecule has 4 heterocycles. The van der Waals surface area contributed by atoms with Crippen LogP contribution in [-0.2, 0) is 18.5 Å². The number of tetrazole rings is 1. The van der Waals surface area contributed by atoms with Gasteiger partial charge in [0.25, 0.3) is 0 Å². The molecule has 4 aromatic heterocycles. The average Bonchev–Trinajstić information content (AvgIpc) is 3.93. The van der Waals surface area contributed by atoms with E-state index in [1.165, 1.54) is 0 Å². The van der Waals surface area contributed by atoms with Gasteiger partial charge in [0.05, 0.1) is 12.1 Å².